The van der Waals surface area contributed by atoms with Crippen LogP contribution in [0.3, 0.4) is 0 Å². The van der Waals surface area contributed by atoms with Gasteiger partial charge in [-0.15, -0.1) is 0 Å². The van der Waals surface area contributed by atoms with Crippen molar-refractivity contribution in [3.63, 3.8) is 0 Å². The van der Waals surface area contributed by atoms with Crippen molar-refractivity contribution >= 4 is 27.5 Å². The number of hydrogen-bond donors (Lipinski definition) is 1. The molecule has 0 unspecified atom stereocenters. The fourth-order valence-corrected chi connectivity index (χ4v) is 3.14. The summed E-state index contributed by atoms with van der Waals surface area (Å²) in [4.78, 5) is 13.9. The van der Waals surface area contributed by atoms with Crippen molar-refractivity contribution in [2.75, 3.05) is 11.4 Å². The molecule has 0 aromatic heterocycles. The van der Waals surface area contributed by atoms with Crippen LogP contribution in [-0.4, -0.2) is 18.5 Å². The van der Waals surface area contributed by atoms with Gasteiger partial charge in [0.2, 0.25) is 5.91 Å². The zero-order valence-electron chi connectivity index (χ0n) is 10.2. The van der Waals surface area contributed by atoms with Crippen LogP contribution < -0.4 is 10.6 Å². The first-order valence-corrected chi connectivity index (χ1v) is 6.63. The van der Waals surface area contributed by atoms with E-state index in [4.69, 9.17) is 5.73 Å². The lowest BCUT2D eigenvalue weighted by atomic mass is 10.0. The van der Waals surface area contributed by atoms with E-state index in [2.05, 4.69) is 15.9 Å². The lowest BCUT2D eigenvalue weighted by Gasteiger charge is -2.32. The zero-order chi connectivity index (χ0) is 12.6. The molecule has 0 spiro atoms. The Morgan fingerprint density at radius 1 is 1.35 bits per heavy atom. The number of rotatable bonds is 1. The molecule has 1 fully saturated rings. The third-order valence-electron chi connectivity index (χ3n) is 3.21. The predicted octanol–water partition coefficient (Wildman–Crippen LogP) is 2.52. The fourth-order valence-electron chi connectivity index (χ4n) is 2.45. The fraction of sp³-hybridized carbons (Fsp3) is 0.462. The van der Waals surface area contributed by atoms with E-state index in [0.717, 1.165) is 40.7 Å². The Bertz CT molecular complexity index is 436. The number of hydrogen-bond acceptors (Lipinski definition) is 2. The van der Waals surface area contributed by atoms with Crippen LogP contribution in [-0.2, 0) is 4.79 Å². The van der Waals surface area contributed by atoms with Crippen LogP contribution in [0.5, 0.6) is 0 Å². The summed E-state index contributed by atoms with van der Waals surface area (Å²) >= 11 is 3.47. The van der Waals surface area contributed by atoms with Gasteiger partial charge in [-0.2, -0.15) is 0 Å². The van der Waals surface area contributed by atoms with Crippen molar-refractivity contribution in [2.45, 2.75) is 32.7 Å². The van der Waals surface area contributed by atoms with E-state index in [-0.39, 0.29) is 11.9 Å². The third kappa shape index (κ3) is 2.38. The van der Waals surface area contributed by atoms with Crippen LogP contribution in [0.4, 0.5) is 5.69 Å². The number of anilines is 1. The number of aryl methyl sites for hydroxylation is 2. The Morgan fingerprint density at radius 2 is 1.94 bits per heavy atom. The first kappa shape index (κ1) is 12.6. The van der Waals surface area contributed by atoms with Gasteiger partial charge in [-0.3, -0.25) is 4.79 Å². The molecule has 0 bridgehead atoms. The van der Waals surface area contributed by atoms with Gasteiger partial charge in [0.25, 0.3) is 0 Å². The largest absolute Gasteiger partial charge is 0.320 e. The van der Waals surface area contributed by atoms with Crippen LogP contribution in [0.15, 0.2) is 16.6 Å². The number of carbonyl (C=O) groups is 1. The van der Waals surface area contributed by atoms with E-state index in [1.54, 1.807) is 0 Å². The minimum atomic E-state index is -0.341. The SMILES string of the molecule is Cc1cc(Br)cc(C)c1N1CCC[C@@H](N)C1=O. The average molecular weight is 297 g/mol. The summed E-state index contributed by atoms with van der Waals surface area (Å²) in [6, 6.07) is 3.73. The highest BCUT2D eigenvalue weighted by atomic mass is 79.9. The van der Waals surface area contributed by atoms with Crippen molar-refractivity contribution in [3.8, 4) is 0 Å². The molecule has 3 nitrogen and oxygen atoms in total. The monoisotopic (exact) mass is 296 g/mol. The Labute approximate surface area is 110 Å². The molecule has 1 aliphatic rings. The number of benzene rings is 1. The molecular weight excluding hydrogens is 280 g/mol. The highest BCUT2D eigenvalue weighted by molar-refractivity contribution is 9.10. The summed E-state index contributed by atoms with van der Waals surface area (Å²) < 4.78 is 1.05. The lowest BCUT2D eigenvalue weighted by molar-refractivity contribution is -0.120. The van der Waals surface area contributed by atoms with Crippen LogP contribution in [0.25, 0.3) is 0 Å². The second-order valence-electron chi connectivity index (χ2n) is 4.63. The van der Waals surface area contributed by atoms with Crippen molar-refractivity contribution in [3.05, 3.63) is 27.7 Å². The topological polar surface area (TPSA) is 46.3 Å². The summed E-state index contributed by atoms with van der Waals surface area (Å²) in [6.07, 6.45) is 1.77. The van der Waals surface area contributed by atoms with Gasteiger partial charge >= 0.3 is 0 Å². The maximum absolute atomic E-state index is 12.1. The van der Waals surface area contributed by atoms with Gasteiger partial charge in [0.05, 0.1) is 6.04 Å². The van der Waals surface area contributed by atoms with E-state index in [0.29, 0.717) is 0 Å². The van der Waals surface area contributed by atoms with E-state index < -0.39 is 0 Å². The molecule has 1 saturated heterocycles. The lowest BCUT2D eigenvalue weighted by Crippen LogP contribution is -2.49. The zero-order valence-corrected chi connectivity index (χ0v) is 11.8. The molecule has 0 saturated carbocycles. The highest BCUT2D eigenvalue weighted by Gasteiger charge is 2.28. The van der Waals surface area contributed by atoms with Gasteiger partial charge in [-0.1, -0.05) is 15.9 Å². The van der Waals surface area contributed by atoms with E-state index in [9.17, 15) is 4.79 Å². The van der Waals surface area contributed by atoms with E-state index in [1.165, 1.54) is 0 Å². The smallest absolute Gasteiger partial charge is 0.243 e. The first-order chi connectivity index (χ1) is 8.00. The second-order valence-corrected chi connectivity index (χ2v) is 5.54. The number of amides is 1. The number of nitrogens with two attached hydrogens (primary N) is 1. The Morgan fingerprint density at radius 3 is 2.53 bits per heavy atom. The van der Waals surface area contributed by atoms with Crippen molar-refractivity contribution in [1.82, 2.24) is 0 Å². The van der Waals surface area contributed by atoms with E-state index in [1.807, 2.05) is 30.9 Å². The van der Waals surface area contributed by atoms with Gasteiger partial charge in [-0.05, 0) is 49.9 Å². The number of nitrogens with zero attached hydrogens (tertiary/aromatic N) is 1. The molecule has 17 heavy (non-hydrogen) atoms. The van der Waals surface area contributed by atoms with Crippen LogP contribution in [0, 0.1) is 13.8 Å². The van der Waals surface area contributed by atoms with Crippen LogP contribution in [0.2, 0.25) is 0 Å². The Kier molecular flexibility index (Phi) is 3.54. The Balaban J connectivity index is 2.43. The number of piperidine rings is 1. The molecule has 0 aliphatic carbocycles. The van der Waals surface area contributed by atoms with Crippen molar-refractivity contribution < 1.29 is 4.79 Å². The third-order valence-corrected chi connectivity index (χ3v) is 3.66. The molecule has 1 aliphatic heterocycles. The maximum Gasteiger partial charge on any atom is 0.243 e. The minimum Gasteiger partial charge on any atom is -0.320 e. The molecule has 4 heteroatoms. The first-order valence-electron chi connectivity index (χ1n) is 5.84. The van der Waals surface area contributed by atoms with Crippen molar-refractivity contribution in [1.29, 1.82) is 0 Å². The maximum atomic E-state index is 12.1. The molecule has 1 aromatic carbocycles. The molecule has 1 heterocycles. The predicted molar refractivity (Wildman–Crippen MR) is 73.2 cm³/mol. The van der Waals surface area contributed by atoms with Gasteiger partial charge in [0, 0.05) is 16.7 Å². The molecule has 1 aromatic rings. The normalized spacial score (nSPS) is 20.8. The van der Waals surface area contributed by atoms with Gasteiger partial charge in [-0.25, -0.2) is 0 Å². The molecule has 2 rings (SSSR count). The highest BCUT2D eigenvalue weighted by Crippen LogP contribution is 2.30. The number of halogens is 1. The summed E-state index contributed by atoms with van der Waals surface area (Å²) in [5.41, 5.74) is 9.08. The molecule has 1 atom stereocenters. The van der Waals surface area contributed by atoms with Gasteiger partial charge < -0.3 is 10.6 Å². The number of carbonyl (C=O) groups excluding carboxylic acids is 1. The second kappa shape index (κ2) is 4.78. The summed E-state index contributed by atoms with van der Waals surface area (Å²) in [5, 5.41) is 0. The van der Waals surface area contributed by atoms with Gasteiger partial charge in [0.1, 0.15) is 0 Å². The summed E-state index contributed by atoms with van der Waals surface area (Å²) in [6.45, 7) is 4.83. The molecule has 92 valence electrons. The molecule has 2 N–H and O–H groups in total. The van der Waals surface area contributed by atoms with Crippen LogP contribution in [0.1, 0.15) is 24.0 Å². The molecule has 0 radical (unpaired) electrons. The summed E-state index contributed by atoms with van der Waals surface area (Å²) in [7, 11) is 0. The molecule has 1 amide bonds. The van der Waals surface area contributed by atoms with E-state index >= 15 is 0 Å². The standard InChI is InChI=1S/C13H17BrN2O/c1-8-6-10(14)7-9(2)12(8)16-5-3-4-11(15)13(16)17/h6-7,11H,3-5,15H2,1-2H3/t11-/m1/s1. The molecular formula is C13H17BrN2O. The van der Waals surface area contributed by atoms with Crippen molar-refractivity contribution in [2.24, 2.45) is 5.73 Å². The quantitative estimate of drug-likeness (QED) is 0.866. The summed E-state index contributed by atoms with van der Waals surface area (Å²) in [5.74, 6) is 0.0461. The minimum absolute atomic E-state index is 0.0461. The van der Waals surface area contributed by atoms with Crippen LogP contribution >= 0.6 is 15.9 Å². The average Bonchev–Trinajstić information content (AvgIpc) is 2.23. The Hall–Kier alpha value is -0.870. The van der Waals surface area contributed by atoms with Gasteiger partial charge in [0.15, 0.2) is 0 Å².